The van der Waals surface area contributed by atoms with Gasteiger partial charge in [0.05, 0.1) is 5.60 Å². The van der Waals surface area contributed by atoms with Crippen molar-refractivity contribution in [3.8, 4) is 5.75 Å². The van der Waals surface area contributed by atoms with Crippen molar-refractivity contribution >= 4 is 13.3 Å². The van der Waals surface area contributed by atoms with Gasteiger partial charge in [-0.15, -0.1) is 0 Å². The first-order valence-corrected chi connectivity index (χ1v) is 10.6. The number of phenolic OH excluding ortho intramolecular Hbond substituents is 1. The van der Waals surface area contributed by atoms with E-state index in [-0.39, 0.29) is 5.75 Å². The zero-order chi connectivity index (χ0) is 20.2. The molecule has 5 nitrogen and oxygen atoms in total. The molecule has 146 valence electrons. The third-order valence-electron chi connectivity index (χ3n) is 4.42. The smallest absolute Gasteiger partial charge is 0.162 e. The Morgan fingerprint density at radius 3 is 2.07 bits per heavy atom. The second kappa shape index (κ2) is 8.19. The van der Waals surface area contributed by atoms with Gasteiger partial charge in [0.1, 0.15) is 11.5 Å². The van der Waals surface area contributed by atoms with Crippen LogP contribution in [0.5, 0.6) is 5.75 Å². The van der Waals surface area contributed by atoms with Crippen molar-refractivity contribution in [1.29, 1.82) is 0 Å². The lowest BCUT2D eigenvalue weighted by Gasteiger charge is -2.39. The topological polar surface area (TPSA) is 81.6 Å². The molecule has 0 aliphatic heterocycles. The quantitative estimate of drug-likeness (QED) is 0.549. The molecule has 2 atom stereocenters. The molecule has 0 radical (unpaired) electrons. The minimum absolute atomic E-state index is 0.0141. The Balaban J connectivity index is 1.96. The van der Waals surface area contributed by atoms with Gasteiger partial charge in [0, 0.05) is 11.3 Å². The molecule has 0 heterocycles. The number of rotatable bonds is 7. The summed E-state index contributed by atoms with van der Waals surface area (Å²) in [6, 6.07) is 24.5. The molecule has 3 rings (SSSR count). The standard InChI is InChI=1S/C22H24NO4P/c1-22(2,19-15-9-10-16-20(19)24)27-28(25,26)21(17-11-5-3-6-12-17)23-18-13-7-4-8-14-18/h3-16,21,23-24H,1-2H3,(H,25,26)/p-1. The van der Waals surface area contributed by atoms with E-state index in [1.165, 1.54) is 6.07 Å². The number of hydrogen-bond acceptors (Lipinski definition) is 5. The first-order valence-electron chi connectivity index (χ1n) is 8.96. The van der Waals surface area contributed by atoms with Gasteiger partial charge in [-0.3, -0.25) is 0 Å². The Kier molecular flexibility index (Phi) is 5.90. The third kappa shape index (κ3) is 4.63. The van der Waals surface area contributed by atoms with Gasteiger partial charge in [-0.2, -0.15) is 0 Å². The molecule has 0 aromatic heterocycles. The van der Waals surface area contributed by atoms with Gasteiger partial charge < -0.3 is 24.4 Å². The average Bonchev–Trinajstić information content (AvgIpc) is 2.67. The molecule has 2 unspecified atom stereocenters. The summed E-state index contributed by atoms with van der Waals surface area (Å²) in [4.78, 5) is 13.3. The highest BCUT2D eigenvalue weighted by atomic mass is 31.2. The monoisotopic (exact) mass is 396 g/mol. The van der Waals surface area contributed by atoms with E-state index in [1.54, 1.807) is 68.4 Å². The van der Waals surface area contributed by atoms with E-state index in [0.29, 0.717) is 16.8 Å². The Labute approximate surface area is 165 Å². The predicted molar refractivity (Wildman–Crippen MR) is 109 cm³/mol. The van der Waals surface area contributed by atoms with Crippen LogP contribution in [0.1, 0.15) is 30.8 Å². The fourth-order valence-electron chi connectivity index (χ4n) is 3.08. The van der Waals surface area contributed by atoms with E-state index < -0.39 is 19.0 Å². The summed E-state index contributed by atoms with van der Waals surface area (Å²) in [5.74, 6) is -1.10. The maximum absolute atomic E-state index is 13.3. The average molecular weight is 396 g/mol. The summed E-state index contributed by atoms with van der Waals surface area (Å²) in [7, 11) is -4.47. The first kappa shape index (κ1) is 20.2. The predicted octanol–water partition coefficient (Wildman–Crippen LogP) is 5.01. The van der Waals surface area contributed by atoms with Crippen LogP contribution in [0.3, 0.4) is 0 Å². The van der Waals surface area contributed by atoms with E-state index in [0.717, 1.165) is 0 Å². The molecular weight excluding hydrogens is 373 g/mol. The summed E-state index contributed by atoms with van der Waals surface area (Å²) in [6.45, 7) is 3.24. The lowest BCUT2D eigenvalue weighted by Crippen LogP contribution is -2.28. The third-order valence-corrected chi connectivity index (χ3v) is 6.19. The van der Waals surface area contributed by atoms with Crippen molar-refractivity contribution in [2.45, 2.75) is 25.2 Å². The summed E-state index contributed by atoms with van der Waals surface area (Å²) in [6.07, 6.45) is 0. The molecule has 0 fully saturated rings. The fourth-order valence-corrected chi connectivity index (χ4v) is 4.76. The molecular formula is C22H23NO4P-. The van der Waals surface area contributed by atoms with Crippen LogP contribution in [0.4, 0.5) is 5.69 Å². The highest BCUT2D eigenvalue weighted by molar-refractivity contribution is 7.51. The van der Waals surface area contributed by atoms with E-state index in [9.17, 15) is 14.6 Å². The Morgan fingerprint density at radius 2 is 1.46 bits per heavy atom. The maximum atomic E-state index is 13.3. The zero-order valence-electron chi connectivity index (χ0n) is 15.8. The molecule has 0 saturated carbocycles. The number of hydrogen-bond donors (Lipinski definition) is 2. The summed E-state index contributed by atoms with van der Waals surface area (Å²) < 4.78 is 19.0. The summed E-state index contributed by atoms with van der Waals surface area (Å²) in [5.41, 5.74) is 0.389. The van der Waals surface area contributed by atoms with Gasteiger partial charge in [0.25, 0.3) is 0 Å². The van der Waals surface area contributed by atoms with Crippen molar-refractivity contribution in [2.24, 2.45) is 0 Å². The van der Waals surface area contributed by atoms with E-state index in [1.807, 2.05) is 24.3 Å². The molecule has 28 heavy (non-hydrogen) atoms. The largest absolute Gasteiger partial charge is 0.777 e. The fraction of sp³-hybridized carbons (Fsp3) is 0.182. The van der Waals surface area contributed by atoms with Crippen LogP contribution < -0.4 is 10.2 Å². The van der Waals surface area contributed by atoms with Gasteiger partial charge in [-0.05, 0) is 37.6 Å². The SMILES string of the molecule is CC(C)(OP(=O)([O-])C(Nc1ccccc1)c1ccccc1)c1ccccc1O. The number of para-hydroxylation sites is 2. The van der Waals surface area contributed by atoms with Crippen LogP contribution in [-0.4, -0.2) is 5.11 Å². The van der Waals surface area contributed by atoms with Crippen LogP contribution in [0.25, 0.3) is 0 Å². The lowest BCUT2D eigenvalue weighted by atomic mass is 9.98. The number of aromatic hydroxyl groups is 1. The maximum Gasteiger partial charge on any atom is 0.162 e. The Hall–Kier alpha value is -2.59. The highest BCUT2D eigenvalue weighted by Gasteiger charge is 2.34. The van der Waals surface area contributed by atoms with Gasteiger partial charge in [0.2, 0.25) is 0 Å². The van der Waals surface area contributed by atoms with Crippen molar-refractivity contribution in [3.05, 3.63) is 96.1 Å². The second-order valence-electron chi connectivity index (χ2n) is 6.98. The molecule has 3 aromatic carbocycles. The van der Waals surface area contributed by atoms with Gasteiger partial charge in [-0.1, -0.05) is 66.7 Å². The molecule has 0 aliphatic rings. The van der Waals surface area contributed by atoms with E-state index in [4.69, 9.17) is 4.52 Å². The highest BCUT2D eigenvalue weighted by Crippen LogP contribution is 2.57. The van der Waals surface area contributed by atoms with Crippen LogP contribution in [0, 0.1) is 0 Å². The summed E-state index contributed by atoms with van der Waals surface area (Å²) in [5, 5.41) is 13.2. The minimum atomic E-state index is -4.47. The normalized spacial score (nSPS) is 14.8. The molecule has 0 saturated heterocycles. The number of benzene rings is 3. The molecule has 0 aliphatic carbocycles. The number of anilines is 1. The molecule has 0 bridgehead atoms. The van der Waals surface area contributed by atoms with Crippen molar-refractivity contribution < 1.29 is 19.1 Å². The van der Waals surface area contributed by atoms with Crippen LogP contribution in [0.15, 0.2) is 84.9 Å². The van der Waals surface area contributed by atoms with Crippen molar-refractivity contribution in [2.75, 3.05) is 5.32 Å². The zero-order valence-corrected chi connectivity index (χ0v) is 16.7. The minimum Gasteiger partial charge on any atom is -0.777 e. The molecule has 6 heteroatoms. The Bertz CT molecular complexity index is 961. The number of nitrogens with one attached hydrogen (secondary N) is 1. The van der Waals surface area contributed by atoms with Crippen LogP contribution in [-0.2, 0) is 14.7 Å². The van der Waals surface area contributed by atoms with Gasteiger partial charge >= 0.3 is 0 Å². The van der Waals surface area contributed by atoms with Crippen LogP contribution >= 0.6 is 7.60 Å². The number of phenols is 1. The van der Waals surface area contributed by atoms with Crippen molar-refractivity contribution in [3.63, 3.8) is 0 Å². The van der Waals surface area contributed by atoms with E-state index >= 15 is 0 Å². The second-order valence-corrected chi connectivity index (χ2v) is 8.76. The van der Waals surface area contributed by atoms with Crippen LogP contribution in [0.2, 0.25) is 0 Å². The van der Waals surface area contributed by atoms with E-state index in [2.05, 4.69) is 5.32 Å². The van der Waals surface area contributed by atoms with Gasteiger partial charge in [0.15, 0.2) is 7.60 Å². The lowest BCUT2D eigenvalue weighted by molar-refractivity contribution is -0.210. The van der Waals surface area contributed by atoms with Crippen molar-refractivity contribution in [1.82, 2.24) is 0 Å². The molecule has 0 amide bonds. The molecule has 3 aromatic rings. The van der Waals surface area contributed by atoms with Gasteiger partial charge in [-0.25, -0.2) is 0 Å². The Morgan fingerprint density at radius 1 is 0.929 bits per heavy atom. The summed E-state index contributed by atoms with van der Waals surface area (Å²) >= 11 is 0. The molecule has 2 N–H and O–H groups in total. The molecule has 0 spiro atoms. The first-order chi connectivity index (χ1) is 13.3.